The van der Waals surface area contributed by atoms with Crippen LogP contribution >= 0.6 is 11.3 Å². The molecule has 3 aliphatic heterocycles. The molecule has 1 aromatic carbocycles. The molecule has 5 nitrogen and oxygen atoms in total. The molecular weight excluding hydrogens is 358 g/mol. The van der Waals surface area contributed by atoms with E-state index in [2.05, 4.69) is 33.4 Å². The number of ether oxygens (including phenoxy) is 1. The molecule has 1 atom stereocenters. The van der Waals surface area contributed by atoms with Gasteiger partial charge in [0.2, 0.25) is 0 Å². The molecule has 3 saturated heterocycles. The number of hydrogen-bond donors (Lipinski definition) is 1. The summed E-state index contributed by atoms with van der Waals surface area (Å²) in [7, 11) is 0. The lowest BCUT2D eigenvalue weighted by atomic mass is 9.84. The first-order valence-electron chi connectivity index (χ1n) is 9.41. The Labute approximate surface area is 162 Å². The molecule has 5 heterocycles. The van der Waals surface area contributed by atoms with Crippen molar-refractivity contribution >= 4 is 28.3 Å². The van der Waals surface area contributed by atoms with Crippen molar-refractivity contribution < 1.29 is 9.53 Å². The third-order valence-corrected chi connectivity index (χ3v) is 6.63. The Bertz CT molecular complexity index is 973. The van der Waals surface area contributed by atoms with Gasteiger partial charge < -0.3 is 15.0 Å². The summed E-state index contributed by atoms with van der Waals surface area (Å²) in [6.45, 7) is 3.26. The summed E-state index contributed by atoms with van der Waals surface area (Å²) >= 11 is 1.47. The van der Waals surface area contributed by atoms with E-state index in [0.717, 1.165) is 41.0 Å². The first-order valence-corrected chi connectivity index (χ1v) is 10.2. The molecular formula is C21H21N3O2S. The summed E-state index contributed by atoms with van der Waals surface area (Å²) in [4.78, 5) is 20.3. The molecule has 0 unspecified atom stereocenters. The van der Waals surface area contributed by atoms with Gasteiger partial charge in [-0.2, -0.15) is 0 Å². The van der Waals surface area contributed by atoms with Gasteiger partial charge in [-0.05, 0) is 50.0 Å². The second-order valence-electron chi connectivity index (χ2n) is 7.28. The number of carbonyl (C=O) groups is 1. The van der Waals surface area contributed by atoms with Crippen LogP contribution < -0.4 is 10.1 Å². The maximum absolute atomic E-state index is 12.4. The zero-order chi connectivity index (χ0) is 18.2. The molecule has 3 aromatic rings. The Hall–Kier alpha value is -2.44. The van der Waals surface area contributed by atoms with Crippen LogP contribution in [0, 0.1) is 5.92 Å². The molecule has 0 radical (unpaired) electrons. The lowest BCUT2D eigenvalue weighted by molar-refractivity contribution is 0.0726. The number of nitrogens with one attached hydrogen (secondary N) is 1. The highest BCUT2D eigenvalue weighted by molar-refractivity contribution is 7.17. The highest BCUT2D eigenvalue weighted by Gasteiger charge is 2.35. The number of benzene rings is 1. The minimum atomic E-state index is -0.349. The summed E-state index contributed by atoms with van der Waals surface area (Å²) in [6.07, 6.45) is 3.79. The molecule has 27 heavy (non-hydrogen) atoms. The normalized spacial score (nSPS) is 24.1. The van der Waals surface area contributed by atoms with Crippen LogP contribution in [0.15, 0.2) is 48.7 Å². The third-order valence-electron chi connectivity index (χ3n) is 5.63. The predicted molar refractivity (Wildman–Crippen MR) is 107 cm³/mol. The second kappa shape index (κ2) is 6.94. The van der Waals surface area contributed by atoms with Crippen molar-refractivity contribution in [1.29, 1.82) is 0 Å². The van der Waals surface area contributed by atoms with Crippen LogP contribution in [0.5, 0.6) is 5.06 Å². The Morgan fingerprint density at radius 1 is 1.15 bits per heavy atom. The fourth-order valence-electron chi connectivity index (χ4n) is 4.22. The van der Waals surface area contributed by atoms with Gasteiger partial charge in [0.05, 0.1) is 5.52 Å². The first kappa shape index (κ1) is 16.7. The van der Waals surface area contributed by atoms with Crippen molar-refractivity contribution in [1.82, 2.24) is 15.2 Å². The Morgan fingerprint density at radius 2 is 2.00 bits per heavy atom. The van der Waals surface area contributed by atoms with E-state index in [-0.39, 0.29) is 12.1 Å². The number of pyridine rings is 1. The minimum Gasteiger partial charge on any atom is -0.399 e. The topological polar surface area (TPSA) is 54.5 Å². The number of amides is 1. The molecule has 2 aromatic heterocycles. The minimum absolute atomic E-state index is 0.210. The van der Waals surface area contributed by atoms with E-state index >= 15 is 0 Å². The summed E-state index contributed by atoms with van der Waals surface area (Å²) in [5.74, 6) is 0.586. The molecule has 0 aliphatic carbocycles. The number of thiophene rings is 1. The fraction of sp³-hybridized carbons (Fsp3) is 0.333. The van der Waals surface area contributed by atoms with E-state index < -0.39 is 0 Å². The number of aromatic nitrogens is 1. The number of carbonyl (C=O) groups excluding carboxylic acids is 1. The molecule has 2 bridgehead atoms. The van der Waals surface area contributed by atoms with Crippen molar-refractivity contribution in [3.05, 3.63) is 48.7 Å². The fourth-order valence-corrected chi connectivity index (χ4v) is 5.10. The highest BCUT2D eigenvalue weighted by atomic mass is 32.1. The van der Waals surface area contributed by atoms with E-state index in [1.165, 1.54) is 24.2 Å². The first-order chi connectivity index (χ1) is 13.3. The molecule has 6 heteroatoms. The molecule has 138 valence electrons. The van der Waals surface area contributed by atoms with Gasteiger partial charge in [0.1, 0.15) is 0 Å². The largest absolute Gasteiger partial charge is 0.413 e. The van der Waals surface area contributed by atoms with Crippen LogP contribution in [-0.4, -0.2) is 41.7 Å². The quantitative estimate of drug-likeness (QED) is 0.743. The van der Waals surface area contributed by atoms with Crippen molar-refractivity contribution in [2.45, 2.75) is 18.9 Å². The Morgan fingerprint density at radius 3 is 2.81 bits per heavy atom. The molecule has 1 N–H and O–H groups in total. The maximum Gasteiger partial charge on any atom is 0.413 e. The van der Waals surface area contributed by atoms with Crippen LogP contribution in [0.25, 0.3) is 21.3 Å². The molecule has 3 fully saturated rings. The standard InChI is InChI=1S/C21H21N3O2S/c25-21(23-17-13-24-11-8-14(17)9-12-24)26-19-7-6-18(27-19)16-5-1-3-15-4-2-10-22-20(15)16/h1-7,10,14,17H,8-9,11-13H2,(H,23,25)/t17-/m0/s1. The van der Waals surface area contributed by atoms with E-state index in [9.17, 15) is 4.79 Å². The van der Waals surface area contributed by atoms with Crippen molar-refractivity contribution in [3.8, 4) is 15.5 Å². The lowest BCUT2D eigenvalue weighted by Crippen LogP contribution is -2.57. The van der Waals surface area contributed by atoms with Crippen LogP contribution in [0.3, 0.4) is 0 Å². The maximum atomic E-state index is 12.4. The predicted octanol–water partition coefficient (Wildman–Crippen LogP) is 4.15. The van der Waals surface area contributed by atoms with Crippen molar-refractivity contribution in [3.63, 3.8) is 0 Å². The summed E-state index contributed by atoms with van der Waals surface area (Å²) < 4.78 is 5.57. The SMILES string of the molecule is O=C(N[C@H]1CN2CCC1CC2)Oc1ccc(-c2cccc3cccnc23)s1. The molecule has 1 amide bonds. The van der Waals surface area contributed by atoms with Crippen LogP contribution in [0.4, 0.5) is 4.79 Å². The number of para-hydroxylation sites is 1. The van der Waals surface area contributed by atoms with Crippen LogP contribution in [0.2, 0.25) is 0 Å². The van der Waals surface area contributed by atoms with Gasteiger partial charge in [-0.25, -0.2) is 4.79 Å². The van der Waals surface area contributed by atoms with E-state index in [0.29, 0.717) is 11.0 Å². The van der Waals surface area contributed by atoms with Gasteiger partial charge in [-0.3, -0.25) is 4.98 Å². The van der Waals surface area contributed by atoms with E-state index in [1.807, 2.05) is 24.3 Å². The molecule has 0 spiro atoms. The average Bonchev–Trinajstić information content (AvgIpc) is 3.16. The second-order valence-corrected chi connectivity index (χ2v) is 8.32. The average molecular weight is 379 g/mol. The highest BCUT2D eigenvalue weighted by Crippen LogP contribution is 2.36. The number of fused-ring (bicyclic) bond motifs is 4. The smallest absolute Gasteiger partial charge is 0.399 e. The van der Waals surface area contributed by atoms with Gasteiger partial charge in [0.15, 0.2) is 5.06 Å². The van der Waals surface area contributed by atoms with Gasteiger partial charge in [-0.15, -0.1) is 0 Å². The van der Waals surface area contributed by atoms with E-state index in [4.69, 9.17) is 4.74 Å². The number of rotatable bonds is 3. The third kappa shape index (κ3) is 3.31. The number of hydrogen-bond acceptors (Lipinski definition) is 5. The van der Waals surface area contributed by atoms with Crippen molar-refractivity contribution in [2.75, 3.05) is 19.6 Å². The molecule has 0 saturated carbocycles. The summed E-state index contributed by atoms with van der Waals surface area (Å²) in [5, 5.41) is 4.78. The zero-order valence-corrected chi connectivity index (χ0v) is 15.7. The van der Waals surface area contributed by atoms with Gasteiger partial charge >= 0.3 is 6.09 Å². The summed E-state index contributed by atoms with van der Waals surface area (Å²) in [5.41, 5.74) is 2.02. The van der Waals surface area contributed by atoms with Gasteiger partial charge in [0.25, 0.3) is 0 Å². The van der Waals surface area contributed by atoms with Gasteiger partial charge in [-0.1, -0.05) is 35.6 Å². The monoisotopic (exact) mass is 379 g/mol. The Kier molecular flexibility index (Phi) is 4.30. The summed E-state index contributed by atoms with van der Waals surface area (Å²) in [6, 6.07) is 14.2. The van der Waals surface area contributed by atoms with Gasteiger partial charge in [0, 0.05) is 34.6 Å². The molecule has 6 rings (SSSR count). The lowest BCUT2D eigenvalue weighted by Gasteiger charge is -2.44. The zero-order valence-electron chi connectivity index (χ0n) is 14.9. The van der Waals surface area contributed by atoms with Crippen LogP contribution in [0.1, 0.15) is 12.8 Å². The molecule has 3 aliphatic rings. The Balaban J connectivity index is 1.30. The van der Waals surface area contributed by atoms with E-state index in [1.54, 1.807) is 6.20 Å². The van der Waals surface area contributed by atoms with Crippen LogP contribution in [-0.2, 0) is 0 Å². The van der Waals surface area contributed by atoms with Crippen molar-refractivity contribution in [2.24, 2.45) is 5.92 Å². The number of piperidine rings is 3. The number of nitrogens with zero attached hydrogens (tertiary/aromatic N) is 2.